The first-order valence-corrected chi connectivity index (χ1v) is 11.5. The summed E-state index contributed by atoms with van der Waals surface area (Å²) >= 11 is 0. The highest BCUT2D eigenvalue weighted by molar-refractivity contribution is 7.90. The molecule has 1 aliphatic rings. The van der Waals surface area contributed by atoms with Crippen molar-refractivity contribution in [1.29, 1.82) is 0 Å². The van der Waals surface area contributed by atoms with Crippen molar-refractivity contribution in [3.8, 4) is 0 Å². The number of nitrogens with zero attached hydrogens (tertiary/aromatic N) is 1. The van der Waals surface area contributed by atoms with Crippen molar-refractivity contribution in [2.75, 3.05) is 19.6 Å². The van der Waals surface area contributed by atoms with Crippen molar-refractivity contribution in [3.05, 3.63) is 24.3 Å². The number of sulfonamides is 2. The van der Waals surface area contributed by atoms with Crippen molar-refractivity contribution in [3.63, 3.8) is 0 Å². The van der Waals surface area contributed by atoms with Gasteiger partial charge in [0.25, 0.3) is 0 Å². The molecule has 142 valence electrons. The summed E-state index contributed by atoms with van der Waals surface area (Å²) < 4.78 is 54.3. The van der Waals surface area contributed by atoms with E-state index in [1.165, 1.54) is 28.6 Å². The number of hydrogen-bond acceptors (Lipinski definition) is 5. The van der Waals surface area contributed by atoms with Gasteiger partial charge < -0.3 is 5.73 Å². The summed E-state index contributed by atoms with van der Waals surface area (Å²) in [5.74, 6) is 0. The first-order chi connectivity index (χ1) is 11.7. The van der Waals surface area contributed by atoms with Crippen LogP contribution in [-0.2, 0) is 20.0 Å². The van der Waals surface area contributed by atoms with Gasteiger partial charge in [0, 0.05) is 25.7 Å². The van der Waals surface area contributed by atoms with E-state index >= 15 is 0 Å². The molecule has 1 heterocycles. The molecule has 1 unspecified atom stereocenters. The molecule has 0 aliphatic carbocycles. The van der Waals surface area contributed by atoms with Crippen molar-refractivity contribution >= 4 is 20.0 Å². The van der Waals surface area contributed by atoms with E-state index < -0.39 is 20.0 Å². The van der Waals surface area contributed by atoms with Crippen molar-refractivity contribution in [1.82, 2.24) is 9.03 Å². The van der Waals surface area contributed by atoms with E-state index in [-0.39, 0.29) is 22.4 Å². The second kappa shape index (κ2) is 8.59. The molecule has 0 spiro atoms. The fourth-order valence-electron chi connectivity index (χ4n) is 2.74. The lowest BCUT2D eigenvalue weighted by atomic mass is 10.2. The summed E-state index contributed by atoms with van der Waals surface area (Å²) in [7, 11) is -7.45. The van der Waals surface area contributed by atoms with Gasteiger partial charge in [-0.25, -0.2) is 21.6 Å². The molecule has 9 heteroatoms. The molecular weight excluding hydrogens is 362 g/mol. The quantitative estimate of drug-likeness (QED) is 0.730. The molecule has 25 heavy (non-hydrogen) atoms. The summed E-state index contributed by atoms with van der Waals surface area (Å²) in [6.07, 6.45) is 4.20. The predicted molar refractivity (Wildman–Crippen MR) is 97.1 cm³/mol. The molecule has 1 atom stereocenters. The Hall–Kier alpha value is -1.00. The molecule has 0 amide bonds. The summed E-state index contributed by atoms with van der Waals surface area (Å²) in [5, 5.41) is 0. The molecule has 0 bridgehead atoms. The number of rotatable bonds is 7. The monoisotopic (exact) mass is 389 g/mol. The van der Waals surface area contributed by atoms with E-state index in [0.29, 0.717) is 19.5 Å². The van der Waals surface area contributed by atoms with Crippen molar-refractivity contribution in [2.45, 2.75) is 54.9 Å². The zero-order chi connectivity index (χ0) is 18.5. The molecule has 1 saturated heterocycles. The third kappa shape index (κ3) is 5.49. The van der Waals surface area contributed by atoms with Gasteiger partial charge in [-0.3, -0.25) is 0 Å². The molecule has 3 N–H and O–H groups in total. The van der Waals surface area contributed by atoms with Crippen LogP contribution in [0.3, 0.4) is 0 Å². The van der Waals surface area contributed by atoms with E-state index in [1.807, 2.05) is 0 Å². The van der Waals surface area contributed by atoms with Crippen LogP contribution >= 0.6 is 0 Å². The number of hydrogen-bond donors (Lipinski definition) is 2. The van der Waals surface area contributed by atoms with E-state index in [9.17, 15) is 16.8 Å². The highest BCUT2D eigenvalue weighted by Crippen LogP contribution is 2.22. The van der Waals surface area contributed by atoms with Crippen LogP contribution in [0, 0.1) is 0 Å². The van der Waals surface area contributed by atoms with Crippen molar-refractivity contribution in [2.24, 2.45) is 5.73 Å². The second-order valence-electron chi connectivity index (χ2n) is 6.46. The molecule has 0 saturated carbocycles. The van der Waals surface area contributed by atoms with Crippen LogP contribution in [0.1, 0.15) is 39.0 Å². The second-order valence-corrected chi connectivity index (χ2v) is 10.2. The fourth-order valence-corrected chi connectivity index (χ4v) is 5.47. The summed E-state index contributed by atoms with van der Waals surface area (Å²) in [6.45, 7) is 2.96. The zero-order valence-electron chi connectivity index (χ0n) is 14.5. The van der Waals surface area contributed by atoms with E-state index in [0.717, 1.165) is 25.7 Å². The Labute approximate surface area is 150 Å². The highest BCUT2D eigenvalue weighted by Gasteiger charge is 2.26. The lowest BCUT2D eigenvalue weighted by Gasteiger charge is -2.20. The minimum atomic E-state index is -3.77. The Morgan fingerprint density at radius 2 is 1.68 bits per heavy atom. The first-order valence-electron chi connectivity index (χ1n) is 8.59. The van der Waals surface area contributed by atoms with Crippen LogP contribution in [0.2, 0.25) is 0 Å². The molecule has 0 radical (unpaired) electrons. The zero-order valence-corrected chi connectivity index (χ0v) is 16.2. The molecule has 1 aliphatic heterocycles. The minimum absolute atomic E-state index is 0.0180. The van der Waals surface area contributed by atoms with E-state index in [1.54, 1.807) is 6.92 Å². The Morgan fingerprint density at radius 3 is 2.28 bits per heavy atom. The average Bonchev–Trinajstić information content (AvgIpc) is 2.84. The van der Waals surface area contributed by atoms with Crippen LogP contribution < -0.4 is 10.5 Å². The maximum Gasteiger partial charge on any atom is 0.243 e. The Bertz CT molecular complexity index is 768. The Balaban J connectivity index is 2.22. The Morgan fingerprint density at radius 1 is 1.08 bits per heavy atom. The van der Waals surface area contributed by atoms with Gasteiger partial charge in [0.15, 0.2) is 0 Å². The smallest absolute Gasteiger partial charge is 0.243 e. The van der Waals surface area contributed by atoms with Gasteiger partial charge in [0.1, 0.15) is 0 Å². The normalized spacial score (nSPS) is 18.6. The number of nitrogens with one attached hydrogen (secondary N) is 1. The van der Waals surface area contributed by atoms with Gasteiger partial charge in [0.2, 0.25) is 20.0 Å². The minimum Gasteiger partial charge on any atom is -0.328 e. The van der Waals surface area contributed by atoms with Gasteiger partial charge in [-0.05, 0) is 44.4 Å². The highest BCUT2D eigenvalue weighted by atomic mass is 32.2. The maximum atomic E-state index is 12.8. The molecule has 1 aromatic rings. The SMILES string of the molecule is CC(N)CCNS(=O)(=O)c1cccc(S(=O)(=O)N2CCCCCC2)c1. The Kier molecular flexibility index (Phi) is 6.98. The summed E-state index contributed by atoms with van der Waals surface area (Å²) in [6, 6.07) is 5.42. The molecule has 2 rings (SSSR count). The lowest BCUT2D eigenvalue weighted by Crippen LogP contribution is -2.32. The third-order valence-electron chi connectivity index (χ3n) is 4.21. The number of nitrogens with two attached hydrogens (primary N) is 1. The number of benzene rings is 1. The van der Waals surface area contributed by atoms with Gasteiger partial charge >= 0.3 is 0 Å². The van der Waals surface area contributed by atoms with Crippen LogP contribution in [-0.4, -0.2) is 46.8 Å². The fraction of sp³-hybridized carbons (Fsp3) is 0.625. The van der Waals surface area contributed by atoms with Gasteiger partial charge in [-0.1, -0.05) is 18.9 Å². The third-order valence-corrected chi connectivity index (χ3v) is 7.56. The predicted octanol–water partition coefficient (Wildman–Crippen LogP) is 1.27. The van der Waals surface area contributed by atoms with Gasteiger partial charge in [0.05, 0.1) is 9.79 Å². The largest absolute Gasteiger partial charge is 0.328 e. The van der Waals surface area contributed by atoms with Crippen LogP contribution in [0.25, 0.3) is 0 Å². The van der Waals surface area contributed by atoms with Crippen LogP contribution in [0.15, 0.2) is 34.1 Å². The molecular formula is C16H27N3O4S2. The van der Waals surface area contributed by atoms with E-state index in [2.05, 4.69) is 4.72 Å². The van der Waals surface area contributed by atoms with Gasteiger partial charge in [-0.2, -0.15) is 4.31 Å². The van der Waals surface area contributed by atoms with Crippen LogP contribution in [0.4, 0.5) is 0 Å². The van der Waals surface area contributed by atoms with Crippen molar-refractivity contribution < 1.29 is 16.8 Å². The van der Waals surface area contributed by atoms with Gasteiger partial charge in [-0.15, -0.1) is 0 Å². The molecule has 1 fully saturated rings. The molecule has 1 aromatic carbocycles. The lowest BCUT2D eigenvalue weighted by molar-refractivity contribution is 0.423. The van der Waals surface area contributed by atoms with Crippen LogP contribution in [0.5, 0.6) is 0 Å². The topological polar surface area (TPSA) is 110 Å². The van der Waals surface area contributed by atoms with E-state index in [4.69, 9.17) is 5.73 Å². The molecule has 7 nitrogen and oxygen atoms in total. The standard InChI is InChI=1S/C16H27N3O4S2/c1-14(17)9-10-18-24(20,21)15-7-6-8-16(13-15)25(22,23)19-11-4-2-3-5-12-19/h6-8,13-14,18H,2-5,9-12,17H2,1H3. The average molecular weight is 390 g/mol. The first kappa shape index (κ1) is 20.3. The maximum absolute atomic E-state index is 12.8. The molecule has 0 aromatic heterocycles. The summed E-state index contributed by atoms with van der Waals surface area (Å²) in [5.41, 5.74) is 5.62. The summed E-state index contributed by atoms with van der Waals surface area (Å²) in [4.78, 5) is -0.0301.